The molecule has 0 spiro atoms. The summed E-state index contributed by atoms with van der Waals surface area (Å²) in [4.78, 5) is 38.4. The van der Waals surface area contributed by atoms with Crippen LogP contribution in [0.5, 0.6) is 0 Å². The lowest BCUT2D eigenvalue weighted by Crippen LogP contribution is -2.47. The topological polar surface area (TPSA) is 92.4 Å². The normalized spacial score (nSPS) is 16.5. The molecule has 2 aromatic rings. The molecule has 1 N–H and O–H groups in total. The average Bonchev–Trinajstić information content (AvgIpc) is 3.01. The number of piperidine rings is 1. The van der Waals surface area contributed by atoms with Crippen LogP contribution in [-0.2, 0) is 14.3 Å². The number of carbonyl (C=O) groups is 3. The number of benzene rings is 1. The Morgan fingerprint density at radius 2 is 1.96 bits per heavy atom. The van der Waals surface area contributed by atoms with E-state index in [9.17, 15) is 14.4 Å². The monoisotopic (exact) mass is 357 g/mol. The molecule has 26 heavy (non-hydrogen) atoms. The minimum absolute atomic E-state index is 0.0453. The Labute approximate surface area is 151 Å². The molecule has 0 saturated carbocycles. The highest BCUT2D eigenvalue weighted by molar-refractivity contribution is 5.98. The van der Waals surface area contributed by atoms with Crippen molar-refractivity contribution in [2.75, 3.05) is 20.2 Å². The standard InChI is InChI=1S/C19H23N3O4/c1-12(23)11-19(18(25)26-3)6-8-22(9-7-19)17(24)14-4-5-16-15(10-14)13(2)20-21-16/h4-5,10H,6-9,11H2,1-3H3,(H,20,21). The number of aromatic nitrogens is 2. The largest absolute Gasteiger partial charge is 0.469 e. The molecule has 1 saturated heterocycles. The van der Waals surface area contributed by atoms with Gasteiger partial charge in [-0.05, 0) is 44.9 Å². The van der Waals surface area contributed by atoms with Gasteiger partial charge in [-0.3, -0.25) is 19.5 Å². The highest BCUT2D eigenvalue weighted by Gasteiger charge is 2.44. The minimum atomic E-state index is -0.817. The predicted molar refractivity (Wildman–Crippen MR) is 95.7 cm³/mol. The van der Waals surface area contributed by atoms with Gasteiger partial charge in [-0.25, -0.2) is 0 Å². The summed E-state index contributed by atoms with van der Waals surface area (Å²) in [6.45, 7) is 4.23. The van der Waals surface area contributed by atoms with Gasteiger partial charge < -0.3 is 9.64 Å². The Morgan fingerprint density at radius 1 is 1.27 bits per heavy atom. The van der Waals surface area contributed by atoms with Crippen LogP contribution in [0.25, 0.3) is 10.9 Å². The number of nitrogens with zero attached hydrogens (tertiary/aromatic N) is 2. The van der Waals surface area contributed by atoms with Crippen LogP contribution >= 0.6 is 0 Å². The van der Waals surface area contributed by atoms with Crippen LogP contribution in [0.3, 0.4) is 0 Å². The first-order valence-electron chi connectivity index (χ1n) is 8.68. The lowest BCUT2D eigenvalue weighted by Gasteiger charge is -2.39. The highest BCUT2D eigenvalue weighted by atomic mass is 16.5. The van der Waals surface area contributed by atoms with Crippen LogP contribution in [0.1, 0.15) is 42.2 Å². The number of amides is 1. The second-order valence-corrected chi connectivity index (χ2v) is 7.02. The Morgan fingerprint density at radius 3 is 2.58 bits per heavy atom. The number of hydrogen-bond donors (Lipinski definition) is 1. The molecule has 1 aromatic heterocycles. The number of Topliss-reactive ketones (excluding diaryl/α,β-unsaturated/α-hetero) is 1. The van der Waals surface area contributed by atoms with Gasteiger partial charge in [0.05, 0.1) is 18.0 Å². The number of ether oxygens (including phenoxy) is 1. The Balaban J connectivity index is 1.77. The summed E-state index contributed by atoms with van der Waals surface area (Å²) in [5.74, 6) is -0.486. The van der Waals surface area contributed by atoms with E-state index in [1.54, 1.807) is 11.0 Å². The SMILES string of the molecule is COC(=O)C1(CC(C)=O)CCN(C(=O)c2ccc3n[nH]c(C)c3c2)CC1. The molecule has 0 bridgehead atoms. The molecule has 0 unspecified atom stereocenters. The van der Waals surface area contributed by atoms with Crippen LogP contribution in [0.2, 0.25) is 0 Å². The van der Waals surface area contributed by atoms with Crippen molar-refractivity contribution in [3.63, 3.8) is 0 Å². The van der Waals surface area contributed by atoms with E-state index in [0.717, 1.165) is 16.6 Å². The number of carbonyl (C=O) groups excluding carboxylic acids is 3. The average molecular weight is 357 g/mol. The van der Waals surface area contributed by atoms with E-state index in [4.69, 9.17) is 4.74 Å². The molecular weight excluding hydrogens is 334 g/mol. The lowest BCUT2D eigenvalue weighted by atomic mass is 9.74. The number of aryl methyl sites for hydroxylation is 1. The number of aromatic amines is 1. The third kappa shape index (κ3) is 3.21. The van der Waals surface area contributed by atoms with Crippen molar-refractivity contribution in [2.24, 2.45) is 5.41 Å². The zero-order valence-corrected chi connectivity index (χ0v) is 15.3. The smallest absolute Gasteiger partial charge is 0.312 e. The van der Waals surface area contributed by atoms with Gasteiger partial charge in [-0.15, -0.1) is 0 Å². The van der Waals surface area contributed by atoms with Gasteiger partial charge in [0, 0.05) is 36.2 Å². The van der Waals surface area contributed by atoms with E-state index < -0.39 is 5.41 Å². The van der Waals surface area contributed by atoms with Crippen molar-refractivity contribution in [3.05, 3.63) is 29.5 Å². The zero-order valence-electron chi connectivity index (χ0n) is 15.3. The molecule has 1 aliphatic heterocycles. The van der Waals surface area contributed by atoms with Gasteiger partial charge in [0.15, 0.2) is 0 Å². The molecule has 1 aromatic carbocycles. The van der Waals surface area contributed by atoms with Crippen molar-refractivity contribution in [1.82, 2.24) is 15.1 Å². The van der Waals surface area contributed by atoms with Gasteiger partial charge in [0.2, 0.25) is 0 Å². The molecule has 1 fully saturated rings. The fraction of sp³-hybridized carbons (Fsp3) is 0.474. The second-order valence-electron chi connectivity index (χ2n) is 7.02. The van der Waals surface area contributed by atoms with Crippen molar-refractivity contribution in [2.45, 2.75) is 33.1 Å². The molecule has 3 rings (SSSR count). The van der Waals surface area contributed by atoms with Crippen LogP contribution in [0, 0.1) is 12.3 Å². The molecule has 2 heterocycles. The molecule has 7 heteroatoms. The van der Waals surface area contributed by atoms with E-state index in [0.29, 0.717) is 31.5 Å². The van der Waals surface area contributed by atoms with E-state index in [2.05, 4.69) is 10.2 Å². The Hall–Kier alpha value is -2.70. The van der Waals surface area contributed by atoms with Crippen LogP contribution in [0.15, 0.2) is 18.2 Å². The first kappa shape index (κ1) is 18.1. The number of methoxy groups -OCH3 is 1. The number of ketones is 1. The number of esters is 1. The zero-order chi connectivity index (χ0) is 18.9. The third-order valence-electron chi connectivity index (χ3n) is 5.21. The predicted octanol–water partition coefficient (Wildman–Crippen LogP) is 2.25. The summed E-state index contributed by atoms with van der Waals surface area (Å²) in [5, 5.41) is 8.01. The van der Waals surface area contributed by atoms with Crippen LogP contribution < -0.4 is 0 Å². The molecule has 0 radical (unpaired) electrons. The highest BCUT2D eigenvalue weighted by Crippen LogP contribution is 2.37. The number of fused-ring (bicyclic) bond motifs is 1. The summed E-state index contributed by atoms with van der Waals surface area (Å²) < 4.78 is 4.92. The maximum Gasteiger partial charge on any atom is 0.312 e. The van der Waals surface area contributed by atoms with Gasteiger partial charge in [-0.1, -0.05) is 0 Å². The van der Waals surface area contributed by atoms with Crippen molar-refractivity contribution in [3.8, 4) is 0 Å². The number of likely N-dealkylation sites (tertiary alicyclic amines) is 1. The quantitative estimate of drug-likeness (QED) is 0.847. The van der Waals surface area contributed by atoms with E-state index in [1.807, 2.05) is 19.1 Å². The molecule has 7 nitrogen and oxygen atoms in total. The van der Waals surface area contributed by atoms with E-state index >= 15 is 0 Å². The molecule has 138 valence electrons. The molecule has 0 aliphatic carbocycles. The first-order chi connectivity index (χ1) is 12.4. The van der Waals surface area contributed by atoms with Crippen LogP contribution in [0.4, 0.5) is 0 Å². The lowest BCUT2D eigenvalue weighted by molar-refractivity contribution is -0.157. The molecule has 0 atom stereocenters. The Bertz CT molecular complexity index is 863. The van der Waals surface area contributed by atoms with Crippen LogP contribution in [-0.4, -0.2) is 53.0 Å². The third-order valence-corrected chi connectivity index (χ3v) is 5.21. The van der Waals surface area contributed by atoms with E-state index in [-0.39, 0.29) is 24.1 Å². The second kappa shape index (κ2) is 6.90. The fourth-order valence-corrected chi connectivity index (χ4v) is 3.74. The number of rotatable bonds is 4. The van der Waals surface area contributed by atoms with Crippen molar-refractivity contribution >= 4 is 28.6 Å². The number of H-pyrrole nitrogens is 1. The van der Waals surface area contributed by atoms with Crippen molar-refractivity contribution < 1.29 is 19.1 Å². The first-order valence-corrected chi connectivity index (χ1v) is 8.68. The van der Waals surface area contributed by atoms with Gasteiger partial charge in [0.1, 0.15) is 5.78 Å². The summed E-state index contributed by atoms with van der Waals surface area (Å²) in [6.07, 6.45) is 1.01. The molecule has 1 aliphatic rings. The summed E-state index contributed by atoms with van der Waals surface area (Å²) in [5.41, 5.74) is 1.52. The number of hydrogen-bond acceptors (Lipinski definition) is 5. The summed E-state index contributed by atoms with van der Waals surface area (Å²) in [7, 11) is 1.34. The van der Waals surface area contributed by atoms with E-state index in [1.165, 1.54) is 14.0 Å². The van der Waals surface area contributed by atoms with Gasteiger partial charge >= 0.3 is 5.97 Å². The fourth-order valence-electron chi connectivity index (χ4n) is 3.74. The minimum Gasteiger partial charge on any atom is -0.469 e. The number of nitrogens with one attached hydrogen (secondary N) is 1. The van der Waals surface area contributed by atoms with Gasteiger partial charge in [0.25, 0.3) is 5.91 Å². The maximum absolute atomic E-state index is 12.9. The van der Waals surface area contributed by atoms with Crippen molar-refractivity contribution in [1.29, 1.82) is 0 Å². The Kier molecular flexibility index (Phi) is 4.80. The summed E-state index contributed by atoms with van der Waals surface area (Å²) in [6, 6.07) is 5.43. The maximum atomic E-state index is 12.9. The summed E-state index contributed by atoms with van der Waals surface area (Å²) >= 11 is 0. The molecule has 1 amide bonds. The van der Waals surface area contributed by atoms with Gasteiger partial charge in [-0.2, -0.15) is 5.10 Å². The molecular formula is C19H23N3O4.